The predicted octanol–water partition coefficient (Wildman–Crippen LogP) is 3.33. The van der Waals surface area contributed by atoms with E-state index in [1.807, 2.05) is 26.0 Å². The Bertz CT molecular complexity index is 292. The third kappa shape index (κ3) is 6.72. The number of phenols is 1. The molecule has 0 bridgehead atoms. The number of Topliss-reactive ketones (excluding diaryl/α,β-unsaturated/α-hetero) is 1. The Morgan fingerprint density at radius 1 is 1.33 bits per heavy atom. The van der Waals surface area contributed by atoms with Crippen LogP contribution in [0.2, 0.25) is 0 Å². The van der Waals surface area contributed by atoms with Crippen LogP contribution < -0.4 is 0 Å². The highest BCUT2D eigenvalue weighted by molar-refractivity contribution is 5.75. The van der Waals surface area contributed by atoms with E-state index in [9.17, 15) is 4.79 Å². The zero-order valence-electron chi connectivity index (χ0n) is 9.79. The van der Waals surface area contributed by atoms with E-state index in [-0.39, 0.29) is 5.78 Å². The van der Waals surface area contributed by atoms with Crippen molar-refractivity contribution >= 4 is 5.78 Å². The molecule has 2 heteroatoms. The minimum Gasteiger partial charge on any atom is -0.508 e. The summed E-state index contributed by atoms with van der Waals surface area (Å²) in [5, 5.41) is 9.15. The topological polar surface area (TPSA) is 37.3 Å². The van der Waals surface area contributed by atoms with Gasteiger partial charge in [0.15, 0.2) is 0 Å². The van der Waals surface area contributed by atoms with Crippen LogP contribution in [-0.4, -0.2) is 10.9 Å². The van der Waals surface area contributed by atoms with E-state index in [4.69, 9.17) is 5.11 Å². The van der Waals surface area contributed by atoms with E-state index in [1.54, 1.807) is 19.1 Å². The van der Waals surface area contributed by atoms with Gasteiger partial charge < -0.3 is 9.90 Å². The molecule has 0 aromatic heterocycles. The second-order valence-electron chi connectivity index (χ2n) is 3.23. The van der Waals surface area contributed by atoms with Gasteiger partial charge in [-0.1, -0.05) is 26.0 Å². The van der Waals surface area contributed by atoms with Gasteiger partial charge in [-0.25, -0.2) is 0 Å². The van der Waals surface area contributed by atoms with Gasteiger partial charge in [0.05, 0.1) is 0 Å². The fourth-order valence-corrected chi connectivity index (χ4v) is 1.25. The van der Waals surface area contributed by atoms with Gasteiger partial charge in [-0.2, -0.15) is 0 Å². The standard InChI is InChI=1S/C11H14O2.C2H6/c1-9(12)4-2-5-10-6-3-7-11(13)8-10;1-2/h3,6-8,13H,2,4-5H2,1H3;1-2H3. The summed E-state index contributed by atoms with van der Waals surface area (Å²) < 4.78 is 0. The number of hydrogen-bond donors (Lipinski definition) is 1. The van der Waals surface area contributed by atoms with Crippen LogP contribution >= 0.6 is 0 Å². The molecule has 0 aliphatic rings. The summed E-state index contributed by atoms with van der Waals surface area (Å²) in [6.45, 7) is 5.60. The van der Waals surface area contributed by atoms with Crippen molar-refractivity contribution in [2.75, 3.05) is 0 Å². The summed E-state index contributed by atoms with van der Waals surface area (Å²) >= 11 is 0. The first-order chi connectivity index (χ1) is 7.18. The molecule has 1 rings (SSSR count). The highest BCUT2D eigenvalue weighted by atomic mass is 16.3. The molecule has 0 amide bonds. The van der Waals surface area contributed by atoms with Gasteiger partial charge >= 0.3 is 0 Å². The largest absolute Gasteiger partial charge is 0.508 e. The average molecular weight is 208 g/mol. The van der Waals surface area contributed by atoms with Crippen LogP contribution in [0.25, 0.3) is 0 Å². The van der Waals surface area contributed by atoms with Crippen LogP contribution in [0, 0.1) is 0 Å². The molecule has 0 fully saturated rings. The molecular weight excluding hydrogens is 188 g/mol. The van der Waals surface area contributed by atoms with Crippen molar-refractivity contribution in [1.82, 2.24) is 0 Å². The Hall–Kier alpha value is -1.31. The summed E-state index contributed by atoms with van der Waals surface area (Å²) in [6.07, 6.45) is 2.34. The number of rotatable bonds is 4. The molecule has 0 spiro atoms. The molecule has 84 valence electrons. The van der Waals surface area contributed by atoms with Crippen molar-refractivity contribution in [1.29, 1.82) is 0 Å². The van der Waals surface area contributed by atoms with E-state index < -0.39 is 0 Å². The molecule has 1 aromatic rings. The Morgan fingerprint density at radius 3 is 2.53 bits per heavy atom. The fourth-order valence-electron chi connectivity index (χ4n) is 1.25. The number of aromatic hydroxyl groups is 1. The van der Waals surface area contributed by atoms with Crippen LogP contribution in [0.4, 0.5) is 0 Å². The molecule has 0 heterocycles. The van der Waals surface area contributed by atoms with Crippen LogP contribution in [0.3, 0.4) is 0 Å². The van der Waals surface area contributed by atoms with Gasteiger partial charge in [0.25, 0.3) is 0 Å². The maximum atomic E-state index is 10.7. The lowest BCUT2D eigenvalue weighted by molar-refractivity contribution is -0.117. The number of benzene rings is 1. The highest BCUT2D eigenvalue weighted by Crippen LogP contribution is 2.12. The van der Waals surface area contributed by atoms with Gasteiger partial charge in [0.1, 0.15) is 11.5 Å². The van der Waals surface area contributed by atoms with Gasteiger partial charge in [0, 0.05) is 6.42 Å². The van der Waals surface area contributed by atoms with Gasteiger partial charge in [-0.05, 0) is 37.5 Å². The number of carbonyl (C=O) groups excluding carboxylic acids is 1. The smallest absolute Gasteiger partial charge is 0.129 e. The first-order valence-corrected chi connectivity index (χ1v) is 5.46. The van der Waals surface area contributed by atoms with Crippen LogP contribution in [0.15, 0.2) is 24.3 Å². The van der Waals surface area contributed by atoms with Crippen molar-refractivity contribution in [3.63, 3.8) is 0 Å². The molecule has 1 N–H and O–H groups in total. The van der Waals surface area contributed by atoms with Crippen molar-refractivity contribution < 1.29 is 9.90 Å². The number of ketones is 1. The number of carbonyl (C=O) groups is 1. The lowest BCUT2D eigenvalue weighted by Gasteiger charge is -2.00. The Labute approximate surface area is 91.9 Å². The van der Waals surface area contributed by atoms with Gasteiger partial charge in [-0.15, -0.1) is 0 Å². The summed E-state index contributed by atoms with van der Waals surface area (Å²) in [5.74, 6) is 0.514. The lowest BCUT2D eigenvalue weighted by atomic mass is 10.1. The maximum Gasteiger partial charge on any atom is 0.129 e. The minimum atomic E-state index is 0.222. The van der Waals surface area contributed by atoms with Crippen LogP contribution in [0.5, 0.6) is 5.75 Å². The molecule has 2 nitrogen and oxygen atoms in total. The number of aryl methyl sites for hydroxylation is 1. The molecular formula is C13H20O2. The molecule has 0 saturated carbocycles. The van der Waals surface area contributed by atoms with Crippen LogP contribution in [0.1, 0.15) is 39.2 Å². The summed E-state index contributed by atoms with van der Waals surface area (Å²) in [5.41, 5.74) is 1.08. The molecule has 15 heavy (non-hydrogen) atoms. The zero-order chi connectivity index (χ0) is 11.7. The maximum absolute atomic E-state index is 10.7. The quantitative estimate of drug-likeness (QED) is 0.824. The first kappa shape index (κ1) is 13.7. The first-order valence-electron chi connectivity index (χ1n) is 5.46. The normalized spacial score (nSPS) is 9.00. The van der Waals surface area contributed by atoms with E-state index >= 15 is 0 Å². The van der Waals surface area contributed by atoms with Crippen molar-refractivity contribution in [2.45, 2.75) is 40.0 Å². The van der Waals surface area contributed by atoms with Crippen molar-refractivity contribution in [2.24, 2.45) is 0 Å². The van der Waals surface area contributed by atoms with E-state index in [0.29, 0.717) is 12.2 Å². The van der Waals surface area contributed by atoms with E-state index in [2.05, 4.69) is 0 Å². The molecule has 0 atom stereocenters. The Morgan fingerprint density at radius 2 is 2.00 bits per heavy atom. The Balaban J connectivity index is 0.000000921. The third-order valence-corrected chi connectivity index (χ3v) is 1.90. The second-order valence-corrected chi connectivity index (χ2v) is 3.23. The molecule has 0 aliphatic heterocycles. The highest BCUT2D eigenvalue weighted by Gasteiger charge is 1.96. The molecule has 0 radical (unpaired) electrons. The Kier molecular flexibility index (Phi) is 7.33. The average Bonchev–Trinajstić information content (AvgIpc) is 2.20. The van der Waals surface area contributed by atoms with Gasteiger partial charge in [0.2, 0.25) is 0 Å². The van der Waals surface area contributed by atoms with Crippen molar-refractivity contribution in [3.8, 4) is 5.75 Å². The molecule has 0 saturated heterocycles. The molecule has 0 aliphatic carbocycles. The lowest BCUT2D eigenvalue weighted by Crippen LogP contribution is -1.92. The fraction of sp³-hybridized carbons (Fsp3) is 0.462. The number of hydrogen-bond acceptors (Lipinski definition) is 2. The third-order valence-electron chi connectivity index (χ3n) is 1.90. The summed E-state index contributed by atoms with van der Waals surface area (Å²) in [7, 11) is 0. The molecule has 0 unspecified atom stereocenters. The molecule has 1 aromatic carbocycles. The summed E-state index contributed by atoms with van der Waals surface area (Å²) in [4.78, 5) is 10.7. The van der Waals surface area contributed by atoms with Crippen LogP contribution in [-0.2, 0) is 11.2 Å². The second kappa shape index (κ2) is 8.04. The monoisotopic (exact) mass is 208 g/mol. The van der Waals surface area contributed by atoms with Gasteiger partial charge in [-0.3, -0.25) is 0 Å². The SMILES string of the molecule is CC.CC(=O)CCCc1cccc(O)c1. The van der Waals surface area contributed by atoms with E-state index in [1.165, 1.54) is 0 Å². The summed E-state index contributed by atoms with van der Waals surface area (Å²) in [6, 6.07) is 7.16. The predicted molar refractivity (Wildman–Crippen MR) is 63.1 cm³/mol. The number of phenolic OH excluding ortho intramolecular Hbond substituents is 1. The van der Waals surface area contributed by atoms with E-state index in [0.717, 1.165) is 18.4 Å². The minimum absolute atomic E-state index is 0.222. The van der Waals surface area contributed by atoms with Crippen molar-refractivity contribution in [3.05, 3.63) is 29.8 Å². The zero-order valence-corrected chi connectivity index (χ0v) is 9.79.